The van der Waals surface area contributed by atoms with Crippen LogP contribution in [0.3, 0.4) is 0 Å². The van der Waals surface area contributed by atoms with Gasteiger partial charge in [-0.25, -0.2) is 4.79 Å². The van der Waals surface area contributed by atoms with E-state index in [9.17, 15) is 4.79 Å². The molecule has 1 aromatic carbocycles. The molecular formula is C16H22N2O2. The molecule has 2 aliphatic heterocycles. The number of hydrogen-bond acceptors (Lipinski definition) is 3. The van der Waals surface area contributed by atoms with Crippen LogP contribution in [0.5, 0.6) is 0 Å². The molecule has 1 amide bonds. The number of carbonyl (C=O) groups is 1. The number of amides is 1. The summed E-state index contributed by atoms with van der Waals surface area (Å²) in [6.45, 7) is 3.74. The number of hydrogen-bond donors (Lipinski definition) is 1. The number of benzene rings is 1. The van der Waals surface area contributed by atoms with Crippen LogP contribution < -0.4 is 10.2 Å². The average molecular weight is 274 g/mol. The molecule has 1 saturated heterocycles. The molecule has 2 atom stereocenters. The molecule has 1 fully saturated rings. The lowest BCUT2D eigenvalue weighted by Crippen LogP contribution is -2.45. The SMILES string of the molecule is CC(OC(=O)N1CCc2ccccc21)C1CCCCN1. The summed E-state index contributed by atoms with van der Waals surface area (Å²) in [7, 11) is 0. The third-order valence-electron chi connectivity index (χ3n) is 4.31. The average Bonchev–Trinajstić information content (AvgIpc) is 2.92. The molecule has 0 aromatic heterocycles. The zero-order valence-corrected chi connectivity index (χ0v) is 12.0. The first-order chi connectivity index (χ1) is 9.75. The normalized spacial score (nSPS) is 23.2. The molecule has 4 heteroatoms. The van der Waals surface area contributed by atoms with Crippen molar-refractivity contribution in [1.29, 1.82) is 0 Å². The molecule has 20 heavy (non-hydrogen) atoms. The molecule has 108 valence electrons. The Bertz CT molecular complexity index is 483. The van der Waals surface area contributed by atoms with Gasteiger partial charge in [0.2, 0.25) is 0 Å². The van der Waals surface area contributed by atoms with Crippen molar-refractivity contribution >= 4 is 11.8 Å². The molecule has 1 aromatic rings. The summed E-state index contributed by atoms with van der Waals surface area (Å²) < 4.78 is 5.66. The van der Waals surface area contributed by atoms with Gasteiger partial charge in [-0.2, -0.15) is 0 Å². The highest BCUT2D eigenvalue weighted by Gasteiger charge is 2.29. The minimum absolute atomic E-state index is 0.0736. The molecule has 3 rings (SSSR count). The zero-order chi connectivity index (χ0) is 13.9. The summed E-state index contributed by atoms with van der Waals surface area (Å²) >= 11 is 0. The predicted molar refractivity (Wildman–Crippen MR) is 79.1 cm³/mol. The number of anilines is 1. The molecule has 0 aliphatic carbocycles. The highest BCUT2D eigenvalue weighted by Crippen LogP contribution is 2.28. The van der Waals surface area contributed by atoms with Crippen molar-refractivity contribution in [3.8, 4) is 0 Å². The molecule has 0 saturated carbocycles. The molecular weight excluding hydrogens is 252 g/mol. The molecule has 2 heterocycles. The van der Waals surface area contributed by atoms with Crippen molar-refractivity contribution in [3.63, 3.8) is 0 Å². The summed E-state index contributed by atoms with van der Waals surface area (Å²) in [6.07, 6.45) is 4.15. The van der Waals surface area contributed by atoms with Gasteiger partial charge in [0.15, 0.2) is 0 Å². The summed E-state index contributed by atoms with van der Waals surface area (Å²) in [4.78, 5) is 14.1. The van der Waals surface area contributed by atoms with Gasteiger partial charge >= 0.3 is 6.09 Å². The Morgan fingerprint density at radius 3 is 3.05 bits per heavy atom. The van der Waals surface area contributed by atoms with Crippen molar-refractivity contribution in [2.75, 3.05) is 18.0 Å². The van der Waals surface area contributed by atoms with E-state index in [0.717, 1.165) is 31.6 Å². The molecule has 0 spiro atoms. The molecule has 2 unspecified atom stereocenters. The molecule has 0 radical (unpaired) electrons. The maximum absolute atomic E-state index is 12.3. The van der Waals surface area contributed by atoms with Crippen LogP contribution in [-0.4, -0.2) is 31.3 Å². The lowest BCUT2D eigenvalue weighted by atomic mass is 10.0. The first kappa shape index (κ1) is 13.4. The van der Waals surface area contributed by atoms with Crippen LogP contribution in [0.4, 0.5) is 10.5 Å². The van der Waals surface area contributed by atoms with E-state index in [1.807, 2.05) is 25.1 Å². The maximum Gasteiger partial charge on any atom is 0.414 e. The van der Waals surface area contributed by atoms with Crippen LogP contribution in [-0.2, 0) is 11.2 Å². The Kier molecular flexibility index (Phi) is 3.92. The maximum atomic E-state index is 12.3. The van der Waals surface area contributed by atoms with Crippen molar-refractivity contribution in [2.24, 2.45) is 0 Å². The minimum Gasteiger partial charge on any atom is -0.444 e. The third kappa shape index (κ3) is 2.66. The Morgan fingerprint density at radius 1 is 1.40 bits per heavy atom. The van der Waals surface area contributed by atoms with Crippen molar-refractivity contribution < 1.29 is 9.53 Å². The fraction of sp³-hybridized carbons (Fsp3) is 0.562. The molecule has 0 bridgehead atoms. The van der Waals surface area contributed by atoms with Crippen LogP contribution in [0.25, 0.3) is 0 Å². The second-order valence-electron chi connectivity index (χ2n) is 5.68. The van der Waals surface area contributed by atoms with E-state index in [4.69, 9.17) is 4.74 Å². The Balaban J connectivity index is 1.62. The quantitative estimate of drug-likeness (QED) is 0.901. The fourth-order valence-corrected chi connectivity index (χ4v) is 3.11. The Hall–Kier alpha value is -1.55. The predicted octanol–water partition coefficient (Wildman–Crippen LogP) is 2.72. The smallest absolute Gasteiger partial charge is 0.414 e. The van der Waals surface area contributed by atoms with E-state index in [1.165, 1.54) is 18.4 Å². The van der Waals surface area contributed by atoms with Gasteiger partial charge in [-0.1, -0.05) is 24.6 Å². The van der Waals surface area contributed by atoms with Gasteiger partial charge in [-0.15, -0.1) is 0 Å². The standard InChI is InChI=1S/C16H22N2O2/c1-12(14-7-4-5-10-17-14)20-16(19)18-11-9-13-6-2-3-8-15(13)18/h2-3,6,8,12,14,17H,4-5,7,9-11H2,1H3. The van der Waals surface area contributed by atoms with Gasteiger partial charge in [0.25, 0.3) is 0 Å². The highest BCUT2D eigenvalue weighted by atomic mass is 16.6. The van der Waals surface area contributed by atoms with Gasteiger partial charge in [0.1, 0.15) is 6.10 Å². The topological polar surface area (TPSA) is 41.6 Å². The number of ether oxygens (including phenoxy) is 1. The zero-order valence-electron chi connectivity index (χ0n) is 12.0. The number of fused-ring (bicyclic) bond motifs is 1. The Morgan fingerprint density at radius 2 is 2.25 bits per heavy atom. The Labute approximate surface area is 120 Å². The fourth-order valence-electron chi connectivity index (χ4n) is 3.11. The van der Waals surface area contributed by atoms with Crippen LogP contribution in [0.2, 0.25) is 0 Å². The lowest BCUT2D eigenvalue weighted by Gasteiger charge is -2.30. The highest BCUT2D eigenvalue weighted by molar-refractivity contribution is 5.90. The largest absolute Gasteiger partial charge is 0.444 e. The summed E-state index contributed by atoms with van der Waals surface area (Å²) in [5, 5.41) is 3.44. The van der Waals surface area contributed by atoms with Crippen LogP contribution >= 0.6 is 0 Å². The number of carbonyl (C=O) groups excluding carboxylic acids is 1. The van der Waals surface area contributed by atoms with Gasteiger partial charge in [0.05, 0.1) is 5.69 Å². The summed E-state index contributed by atoms with van der Waals surface area (Å²) in [6, 6.07) is 8.35. The van der Waals surface area contributed by atoms with Crippen molar-refractivity contribution in [2.45, 2.75) is 44.8 Å². The molecule has 4 nitrogen and oxygen atoms in total. The van der Waals surface area contributed by atoms with Gasteiger partial charge in [-0.3, -0.25) is 4.90 Å². The first-order valence-electron chi connectivity index (χ1n) is 7.55. The van der Waals surface area contributed by atoms with Gasteiger partial charge in [-0.05, 0) is 44.4 Å². The molecule has 2 aliphatic rings. The van der Waals surface area contributed by atoms with E-state index >= 15 is 0 Å². The second-order valence-corrected chi connectivity index (χ2v) is 5.68. The monoisotopic (exact) mass is 274 g/mol. The van der Waals surface area contributed by atoms with E-state index < -0.39 is 0 Å². The second kappa shape index (κ2) is 5.83. The van der Waals surface area contributed by atoms with E-state index in [1.54, 1.807) is 4.90 Å². The van der Waals surface area contributed by atoms with Crippen LogP contribution in [0.15, 0.2) is 24.3 Å². The minimum atomic E-state index is -0.213. The third-order valence-corrected chi connectivity index (χ3v) is 4.31. The summed E-state index contributed by atoms with van der Waals surface area (Å²) in [5.74, 6) is 0. The summed E-state index contributed by atoms with van der Waals surface area (Å²) in [5.41, 5.74) is 2.23. The number of piperidine rings is 1. The molecule has 1 N–H and O–H groups in total. The number of rotatable bonds is 2. The van der Waals surface area contributed by atoms with Crippen LogP contribution in [0, 0.1) is 0 Å². The van der Waals surface area contributed by atoms with Gasteiger partial charge in [0, 0.05) is 12.6 Å². The van der Waals surface area contributed by atoms with E-state index in [0.29, 0.717) is 6.04 Å². The number of nitrogens with zero attached hydrogens (tertiary/aromatic N) is 1. The van der Waals surface area contributed by atoms with E-state index in [2.05, 4.69) is 11.4 Å². The lowest BCUT2D eigenvalue weighted by molar-refractivity contribution is 0.0827. The van der Waals surface area contributed by atoms with Crippen LogP contribution in [0.1, 0.15) is 31.7 Å². The van der Waals surface area contributed by atoms with E-state index in [-0.39, 0.29) is 12.2 Å². The first-order valence-corrected chi connectivity index (χ1v) is 7.55. The van der Waals surface area contributed by atoms with Crippen molar-refractivity contribution in [1.82, 2.24) is 5.32 Å². The number of para-hydroxylation sites is 1. The van der Waals surface area contributed by atoms with Crippen molar-refractivity contribution in [3.05, 3.63) is 29.8 Å². The number of nitrogens with one attached hydrogen (secondary N) is 1. The van der Waals surface area contributed by atoms with Gasteiger partial charge < -0.3 is 10.1 Å².